The molecule has 0 aliphatic carbocycles. The summed E-state index contributed by atoms with van der Waals surface area (Å²) in [5.74, 6) is -5.56. The number of hydrogen-bond acceptors (Lipinski definition) is 3. The van der Waals surface area contributed by atoms with Gasteiger partial charge in [0.05, 0.1) is 5.92 Å². The molecule has 0 radical (unpaired) electrons. The average Bonchev–Trinajstić information content (AvgIpc) is 2.79. The highest BCUT2D eigenvalue weighted by molar-refractivity contribution is 5.75. The van der Waals surface area contributed by atoms with Crippen molar-refractivity contribution >= 4 is 5.97 Å². The normalized spacial score (nSPS) is 30.6. The minimum absolute atomic E-state index is 0.110. The smallest absolute Gasteiger partial charge is 0.419 e. The zero-order chi connectivity index (χ0) is 18.4. The lowest BCUT2D eigenvalue weighted by Crippen LogP contribution is -2.51. The number of benzene rings is 1. The second-order valence-electron chi connectivity index (χ2n) is 5.74. The van der Waals surface area contributed by atoms with Crippen LogP contribution in [0.5, 0.6) is 0 Å². The van der Waals surface area contributed by atoms with Crippen molar-refractivity contribution in [1.82, 2.24) is 0 Å². The van der Waals surface area contributed by atoms with E-state index >= 15 is 0 Å². The fraction of sp³-hybridized carbons (Fsp3) is 0.533. The molecule has 2 rings (SSSR count). The highest BCUT2D eigenvalue weighted by atomic mass is 19.4. The van der Waals surface area contributed by atoms with E-state index in [9.17, 15) is 31.9 Å². The number of hydrogen-bond donors (Lipinski definition) is 1. The van der Waals surface area contributed by atoms with E-state index in [1.807, 2.05) is 0 Å². The van der Waals surface area contributed by atoms with Gasteiger partial charge in [0.2, 0.25) is 0 Å². The van der Waals surface area contributed by atoms with Crippen LogP contribution in [0, 0.1) is 18.6 Å². The predicted molar refractivity (Wildman–Crippen MR) is 71.6 cm³/mol. The van der Waals surface area contributed by atoms with Gasteiger partial charge in [0.15, 0.2) is 23.3 Å². The van der Waals surface area contributed by atoms with Gasteiger partial charge >= 0.3 is 12.1 Å². The van der Waals surface area contributed by atoms with E-state index in [0.717, 1.165) is 26.2 Å². The van der Waals surface area contributed by atoms with Crippen LogP contribution < -0.4 is 0 Å². The van der Waals surface area contributed by atoms with Crippen LogP contribution in [0.15, 0.2) is 12.1 Å². The lowest BCUT2D eigenvalue weighted by molar-refractivity contribution is -0.284. The zero-order valence-corrected chi connectivity index (χ0v) is 12.9. The van der Waals surface area contributed by atoms with Crippen LogP contribution in [0.1, 0.15) is 24.0 Å². The minimum Gasteiger partial charge on any atom is -0.479 e. The SMILES string of the molecule is CO[C@H]1[C@@H](c2ccc(F)c(F)c2C)[C@H](C(=O)O)O[C@@]1(C)C(F)(F)F. The Bertz CT molecular complexity index is 660. The van der Waals surface area contributed by atoms with Crippen LogP contribution in [-0.2, 0) is 14.3 Å². The summed E-state index contributed by atoms with van der Waals surface area (Å²) in [7, 11) is 0.977. The standard InChI is InChI=1S/C15H15F5O4/c1-6-7(4-5-8(16)10(6)17)9-11(13(21)22)24-14(2,12(9)23-3)15(18,19)20/h4-5,9,11-12H,1-3H3,(H,21,22)/t9-,11+,12-,14+/m0/s1. The minimum atomic E-state index is -4.93. The first-order valence-corrected chi connectivity index (χ1v) is 6.90. The van der Waals surface area contributed by atoms with Gasteiger partial charge in [0.25, 0.3) is 0 Å². The van der Waals surface area contributed by atoms with Gasteiger partial charge in [-0.1, -0.05) is 6.07 Å². The first kappa shape index (κ1) is 18.6. The summed E-state index contributed by atoms with van der Waals surface area (Å²) in [5.41, 5.74) is -3.31. The molecular weight excluding hydrogens is 339 g/mol. The van der Waals surface area contributed by atoms with Crippen molar-refractivity contribution in [1.29, 1.82) is 0 Å². The van der Waals surface area contributed by atoms with Crippen LogP contribution in [0.3, 0.4) is 0 Å². The number of alkyl halides is 3. The molecule has 0 bridgehead atoms. The maximum absolute atomic E-state index is 13.8. The molecule has 0 amide bonds. The van der Waals surface area contributed by atoms with Gasteiger partial charge in [-0.05, 0) is 31.0 Å². The summed E-state index contributed by atoms with van der Waals surface area (Å²) in [6, 6.07) is 1.78. The fourth-order valence-electron chi connectivity index (χ4n) is 3.06. The monoisotopic (exact) mass is 354 g/mol. The summed E-state index contributed by atoms with van der Waals surface area (Å²) in [5, 5.41) is 9.26. The Morgan fingerprint density at radius 1 is 1.33 bits per heavy atom. The zero-order valence-electron chi connectivity index (χ0n) is 12.9. The third kappa shape index (κ3) is 2.65. The Hall–Kier alpha value is -1.74. The molecule has 1 fully saturated rings. The van der Waals surface area contributed by atoms with E-state index < -0.39 is 47.5 Å². The largest absolute Gasteiger partial charge is 0.479 e. The summed E-state index contributed by atoms with van der Waals surface area (Å²) in [6.07, 6.45) is -8.60. The topological polar surface area (TPSA) is 55.8 Å². The van der Waals surface area contributed by atoms with Crippen molar-refractivity contribution in [3.05, 3.63) is 34.9 Å². The number of carboxylic acids is 1. The molecule has 1 aromatic rings. The molecule has 134 valence electrons. The number of aliphatic carboxylic acids is 1. The molecule has 0 aromatic heterocycles. The molecule has 1 saturated heterocycles. The van der Waals surface area contributed by atoms with E-state index in [1.54, 1.807) is 0 Å². The van der Waals surface area contributed by atoms with Crippen molar-refractivity contribution in [3.8, 4) is 0 Å². The van der Waals surface area contributed by atoms with E-state index in [0.29, 0.717) is 6.92 Å². The van der Waals surface area contributed by atoms with Crippen molar-refractivity contribution < 1.29 is 41.3 Å². The second kappa shape index (κ2) is 5.96. The Morgan fingerprint density at radius 3 is 2.38 bits per heavy atom. The summed E-state index contributed by atoms with van der Waals surface area (Å²) in [6.45, 7) is 1.83. The summed E-state index contributed by atoms with van der Waals surface area (Å²) in [4.78, 5) is 11.4. The first-order valence-electron chi connectivity index (χ1n) is 6.90. The van der Waals surface area contributed by atoms with Crippen LogP contribution in [0.4, 0.5) is 22.0 Å². The first-order chi connectivity index (χ1) is 11.0. The molecule has 9 heteroatoms. The van der Waals surface area contributed by atoms with Gasteiger partial charge < -0.3 is 14.6 Å². The van der Waals surface area contributed by atoms with Crippen LogP contribution in [0.25, 0.3) is 0 Å². The Balaban J connectivity index is 2.65. The van der Waals surface area contributed by atoms with E-state index in [2.05, 4.69) is 0 Å². The quantitative estimate of drug-likeness (QED) is 0.847. The molecule has 0 spiro atoms. The Morgan fingerprint density at radius 2 is 1.92 bits per heavy atom. The van der Waals surface area contributed by atoms with Crippen molar-refractivity contribution in [2.45, 2.75) is 43.8 Å². The molecule has 4 atom stereocenters. The maximum Gasteiger partial charge on any atom is 0.419 e. The van der Waals surface area contributed by atoms with E-state index in [1.165, 1.54) is 0 Å². The van der Waals surface area contributed by atoms with Gasteiger partial charge in [-0.3, -0.25) is 0 Å². The lowest BCUT2D eigenvalue weighted by atomic mass is 9.81. The molecule has 1 N–H and O–H groups in total. The van der Waals surface area contributed by atoms with Crippen molar-refractivity contribution in [3.63, 3.8) is 0 Å². The van der Waals surface area contributed by atoms with Crippen LogP contribution in [0.2, 0.25) is 0 Å². The summed E-state index contributed by atoms with van der Waals surface area (Å²) >= 11 is 0. The fourth-order valence-corrected chi connectivity index (χ4v) is 3.06. The molecule has 24 heavy (non-hydrogen) atoms. The lowest BCUT2D eigenvalue weighted by Gasteiger charge is -2.33. The third-order valence-electron chi connectivity index (χ3n) is 4.37. The Labute approximate surface area is 134 Å². The molecule has 1 aliphatic rings. The van der Waals surface area contributed by atoms with Gasteiger partial charge in [0.1, 0.15) is 6.10 Å². The Kier molecular flexibility index (Phi) is 4.62. The number of ether oxygens (including phenoxy) is 2. The second-order valence-corrected chi connectivity index (χ2v) is 5.74. The average molecular weight is 354 g/mol. The molecular formula is C15H15F5O4. The molecule has 1 aliphatic heterocycles. The molecule has 1 heterocycles. The highest BCUT2D eigenvalue weighted by Gasteiger charge is 2.68. The van der Waals surface area contributed by atoms with Gasteiger partial charge in [0, 0.05) is 7.11 Å². The molecule has 0 unspecified atom stereocenters. The van der Waals surface area contributed by atoms with Crippen LogP contribution >= 0.6 is 0 Å². The third-order valence-corrected chi connectivity index (χ3v) is 4.37. The number of methoxy groups -OCH3 is 1. The predicted octanol–water partition coefficient (Wildman–Crippen LogP) is 3.18. The van der Waals surface area contributed by atoms with Gasteiger partial charge in [-0.2, -0.15) is 13.2 Å². The molecule has 0 saturated carbocycles. The number of carbonyl (C=O) groups is 1. The highest BCUT2D eigenvalue weighted by Crippen LogP contribution is 2.51. The number of rotatable bonds is 3. The molecule has 4 nitrogen and oxygen atoms in total. The number of halogens is 5. The summed E-state index contributed by atoms with van der Waals surface area (Å²) < 4.78 is 77.1. The molecule has 1 aromatic carbocycles. The van der Waals surface area contributed by atoms with Gasteiger partial charge in [-0.25, -0.2) is 13.6 Å². The van der Waals surface area contributed by atoms with Crippen molar-refractivity contribution in [2.24, 2.45) is 0 Å². The number of carboxylic acid groups (broad SMARTS) is 1. The van der Waals surface area contributed by atoms with E-state index in [4.69, 9.17) is 9.47 Å². The van der Waals surface area contributed by atoms with E-state index in [-0.39, 0.29) is 11.1 Å². The van der Waals surface area contributed by atoms with Crippen LogP contribution in [-0.4, -0.2) is 42.2 Å². The maximum atomic E-state index is 13.8. The van der Waals surface area contributed by atoms with Crippen molar-refractivity contribution in [2.75, 3.05) is 7.11 Å². The van der Waals surface area contributed by atoms with Gasteiger partial charge in [-0.15, -0.1) is 0 Å².